The lowest BCUT2D eigenvalue weighted by atomic mass is 9.97. The second-order valence-electron chi connectivity index (χ2n) is 6.37. The molecule has 1 aromatic heterocycles. The van der Waals surface area contributed by atoms with E-state index < -0.39 is 0 Å². The first-order valence-electron chi connectivity index (χ1n) is 8.67. The highest BCUT2D eigenvalue weighted by atomic mass is 16.5. The Balaban J connectivity index is 1.70. The van der Waals surface area contributed by atoms with Crippen molar-refractivity contribution in [3.8, 4) is 11.5 Å². The van der Waals surface area contributed by atoms with Crippen molar-refractivity contribution in [3.63, 3.8) is 0 Å². The summed E-state index contributed by atoms with van der Waals surface area (Å²) < 4.78 is 10.5. The lowest BCUT2D eigenvalue weighted by Gasteiger charge is -2.32. The summed E-state index contributed by atoms with van der Waals surface area (Å²) in [7, 11) is 3.17. The number of benzene rings is 1. The van der Waals surface area contributed by atoms with Crippen LogP contribution < -0.4 is 19.7 Å². The van der Waals surface area contributed by atoms with Gasteiger partial charge in [0.25, 0.3) is 0 Å². The fourth-order valence-electron chi connectivity index (χ4n) is 3.08. The number of anilines is 2. The molecule has 1 aliphatic rings. The van der Waals surface area contributed by atoms with Crippen LogP contribution in [0.15, 0.2) is 30.5 Å². The first-order valence-corrected chi connectivity index (χ1v) is 8.67. The Morgan fingerprint density at radius 3 is 2.62 bits per heavy atom. The highest BCUT2D eigenvalue weighted by molar-refractivity contribution is 5.93. The average molecular weight is 356 g/mol. The number of rotatable bonds is 5. The van der Waals surface area contributed by atoms with Crippen molar-refractivity contribution in [1.29, 1.82) is 0 Å². The number of carbonyl (C=O) groups is 1. The maximum absolute atomic E-state index is 12.8. The predicted molar refractivity (Wildman–Crippen MR) is 99.9 cm³/mol. The minimum Gasteiger partial charge on any atom is -0.497 e. The number of amides is 1. The smallest absolute Gasteiger partial charge is 0.229 e. The Kier molecular flexibility index (Phi) is 5.55. The Hall–Kier alpha value is -2.83. The third-order valence-electron chi connectivity index (χ3n) is 4.48. The van der Waals surface area contributed by atoms with Crippen LogP contribution in [-0.2, 0) is 4.79 Å². The number of hydrogen-bond acceptors (Lipinski definition) is 6. The molecule has 1 fully saturated rings. The zero-order chi connectivity index (χ0) is 18.5. The van der Waals surface area contributed by atoms with Crippen molar-refractivity contribution >= 4 is 17.5 Å². The Bertz CT molecular complexity index is 759. The standard InChI is InChI=1S/C19H24N4O3/c1-13-6-7-20-19(21-13)23-8-4-5-14(12-23)18(24)22-15-9-16(25-2)11-17(10-15)26-3/h6-7,9-11,14H,4-5,8,12H2,1-3H3,(H,22,24). The van der Waals surface area contributed by atoms with Gasteiger partial charge in [0.05, 0.1) is 20.1 Å². The highest BCUT2D eigenvalue weighted by Gasteiger charge is 2.27. The zero-order valence-electron chi connectivity index (χ0n) is 15.4. The van der Waals surface area contributed by atoms with Gasteiger partial charge in [-0.1, -0.05) is 0 Å². The Labute approximate surface area is 153 Å². The number of methoxy groups -OCH3 is 2. The molecule has 1 aliphatic heterocycles. The third-order valence-corrected chi connectivity index (χ3v) is 4.48. The SMILES string of the molecule is COc1cc(NC(=O)C2CCCN(c3nccc(C)n3)C2)cc(OC)c1. The molecule has 0 radical (unpaired) electrons. The molecule has 1 saturated heterocycles. The number of nitrogens with one attached hydrogen (secondary N) is 1. The molecule has 7 nitrogen and oxygen atoms in total. The zero-order valence-corrected chi connectivity index (χ0v) is 15.4. The quantitative estimate of drug-likeness (QED) is 0.888. The van der Waals surface area contributed by atoms with Crippen LogP contribution in [0.3, 0.4) is 0 Å². The first kappa shape index (κ1) is 18.0. The molecule has 1 amide bonds. The molecule has 1 atom stereocenters. The van der Waals surface area contributed by atoms with Crippen LogP contribution in [0.4, 0.5) is 11.6 Å². The van der Waals surface area contributed by atoms with Crippen molar-refractivity contribution in [1.82, 2.24) is 9.97 Å². The van der Waals surface area contributed by atoms with E-state index in [1.54, 1.807) is 38.6 Å². The fraction of sp³-hybridized carbons (Fsp3) is 0.421. The van der Waals surface area contributed by atoms with E-state index in [9.17, 15) is 4.79 Å². The molecule has 2 aromatic rings. The monoisotopic (exact) mass is 356 g/mol. The second kappa shape index (κ2) is 8.03. The Morgan fingerprint density at radius 1 is 1.23 bits per heavy atom. The molecular formula is C19H24N4O3. The van der Waals surface area contributed by atoms with Crippen molar-refractivity contribution in [3.05, 3.63) is 36.2 Å². The van der Waals surface area contributed by atoms with Crippen molar-refractivity contribution in [2.75, 3.05) is 37.5 Å². The fourth-order valence-corrected chi connectivity index (χ4v) is 3.08. The summed E-state index contributed by atoms with van der Waals surface area (Å²) in [5, 5.41) is 2.98. The molecule has 0 saturated carbocycles. The van der Waals surface area contributed by atoms with Gasteiger partial charge in [-0.2, -0.15) is 0 Å². The van der Waals surface area contributed by atoms with E-state index in [1.165, 1.54) is 0 Å². The second-order valence-corrected chi connectivity index (χ2v) is 6.37. The lowest BCUT2D eigenvalue weighted by molar-refractivity contribution is -0.120. The normalized spacial score (nSPS) is 16.9. The van der Waals surface area contributed by atoms with E-state index in [2.05, 4.69) is 20.2 Å². The maximum Gasteiger partial charge on any atom is 0.229 e. The van der Waals surface area contributed by atoms with Crippen LogP contribution in [0.2, 0.25) is 0 Å². The number of aromatic nitrogens is 2. The van der Waals surface area contributed by atoms with Crippen LogP contribution >= 0.6 is 0 Å². The summed E-state index contributed by atoms with van der Waals surface area (Å²) >= 11 is 0. The number of piperidine rings is 1. The van der Waals surface area contributed by atoms with Gasteiger partial charge in [-0.25, -0.2) is 9.97 Å². The molecule has 2 heterocycles. The summed E-state index contributed by atoms with van der Waals surface area (Å²) in [5.74, 6) is 1.82. The topological polar surface area (TPSA) is 76.6 Å². The van der Waals surface area contributed by atoms with Gasteiger partial charge in [-0.3, -0.25) is 4.79 Å². The summed E-state index contributed by atoms with van der Waals surface area (Å²) in [6.45, 7) is 3.41. The molecule has 26 heavy (non-hydrogen) atoms. The minimum atomic E-state index is -0.120. The van der Waals surface area contributed by atoms with Crippen LogP contribution in [0.25, 0.3) is 0 Å². The molecule has 3 rings (SSSR count). The van der Waals surface area contributed by atoms with Crippen molar-refractivity contribution < 1.29 is 14.3 Å². The molecule has 7 heteroatoms. The van der Waals surface area contributed by atoms with E-state index in [4.69, 9.17) is 9.47 Å². The first-order chi connectivity index (χ1) is 12.6. The molecule has 1 aromatic carbocycles. The van der Waals surface area contributed by atoms with Gasteiger partial charge in [0.2, 0.25) is 11.9 Å². The summed E-state index contributed by atoms with van der Waals surface area (Å²) in [5.41, 5.74) is 1.58. The van der Waals surface area contributed by atoms with E-state index in [1.807, 2.05) is 13.0 Å². The number of aryl methyl sites for hydroxylation is 1. The number of nitrogens with zero attached hydrogens (tertiary/aromatic N) is 3. The van der Waals surface area contributed by atoms with E-state index >= 15 is 0 Å². The number of hydrogen-bond donors (Lipinski definition) is 1. The van der Waals surface area contributed by atoms with Crippen molar-refractivity contribution in [2.45, 2.75) is 19.8 Å². The highest BCUT2D eigenvalue weighted by Crippen LogP contribution is 2.27. The van der Waals surface area contributed by atoms with Crippen LogP contribution in [0.5, 0.6) is 11.5 Å². The van der Waals surface area contributed by atoms with E-state index in [-0.39, 0.29) is 11.8 Å². The molecule has 1 N–H and O–H groups in total. The summed E-state index contributed by atoms with van der Waals surface area (Å²) in [6, 6.07) is 7.20. The molecule has 1 unspecified atom stereocenters. The van der Waals surface area contributed by atoms with E-state index in [0.717, 1.165) is 25.1 Å². The summed E-state index contributed by atoms with van der Waals surface area (Å²) in [4.78, 5) is 23.6. The van der Waals surface area contributed by atoms with E-state index in [0.29, 0.717) is 29.7 Å². The molecule has 138 valence electrons. The molecule has 0 bridgehead atoms. The van der Waals surface area contributed by atoms with Gasteiger partial charge < -0.3 is 19.7 Å². The van der Waals surface area contributed by atoms with Crippen LogP contribution in [0, 0.1) is 12.8 Å². The van der Waals surface area contributed by atoms with Gasteiger partial charge in [-0.05, 0) is 25.8 Å². The van der Waals surface area contributed by atoms with Gasteiger partial charge >= 0.3 is 0 Å². The molecule has 0 spiro atoms. The largest absolute Gasteiger partial charge is 0.497 e. The van der Waals surface area contributed by atoms with Crippen LogP contribution in [0.1, 0.15) is 18.5 Å². The van der Waals surface area contributed by atoms with Crippen LogP contribution in [-0.4, -0.2) is 43.2 Å². The summed E-state index contributed by atoms with van der Waals surface area (Å²) in [6.07, 6.45) is 3.52. The van der Waals surface area contributed by atoms with Gasteiger partial charge in [0, 0.05) is 48.9 Å². The average Bonchev–Trinajstić information content (AvgIpc) is 2.67. The molecule has 0 aliphatic carbocycles. The lowest BCUT2D eigenvalue weighted by Crippen LogP contribution is -2.41. The maximum atomic E-state index is 12.8. The molecular weight excluding hydrogens is 332 g/mol. The number of carbonyl (C=O) groups excluding carboxylic acids is 1. The minimum absolute atomic E-state index is 0.0161. The van der Waals surface area contributed by atoms with Gasteiger partial charge in [-0.15, -0.1) is 0 Å². The van der Waals surface area contributed by atoms with Gasteiger partial charge in [0.15, 0.2) is 0 Å². The third kappa shape index (κ3) is 4.22. The number of ether oxygens (including phenoxy) is 2. The van der Waals surface area contributed by atoms with Crippen molar-refractivity contribution in [2.24, 2.45) is 5.92 Å². The predicted octanol–water partition coefficient (Wildman–Crippen LogP) is 2.66. The Morgan fingerprint density at radius 2 is 1.96 bits per heavy atom. The van der Waals surface area contributed by atoms with Gasteiger partial charge in [0.1, 0.15) is 11.5 Å².